The average molecular weight is 295 g/mol. The topological polar surface area (TPSA) is 62.3 Å². The maximum atomic E-state index is 12.1. The van der Waals surface area contributed by atoms with Gasteiger partial charge in [-0.2, -0.15) is 0 Å². The van der Waals surface area contributed by atoms with Gasteiger partial charge in [-0.3, -0.25) is 9.59 Å². The molecule has 0 aliphatic carbocycles. The first-order valence-corrected chi connectivity index (χ1v) is 7.72. The second-order valence-electron chi connectivity index (χ2n) is 6.04. The van der Waals surface area contributed by atoms with E-state index in [0.29, 0.717) is 19.5 Å². The maximum absolute atomic E-state index is 12.1. The van der Waals surface area contributed by atoms with Crippen LogP contribution in [0.15, 0.2) is 11.6 Å². The van der Waals surface area contributed by atoms with Gasteiger partial charge in [-0.15, -0.1) is 11.3 Å². The minimum absolute atomic E-state index is 0.0262. The van der Waals surface area contributed by atoms with Crippen molar-refractivity contribution in [2.45, 2.75) is 39.2 Å². The van der Waals surface area contributed by atoms with Crippen molar-refractivity contribution in [1.82, 2.24) is 15.2 Å². The molecule has 1 N–H and O–H groups in total. The molecule has 1 fully saturated rings. The van der Waals surface area contributed by atoms with Crippen LogP contribution in [0.25, 0.3) is 0 Å². The summed E-state index contributed by atoms with van der Waals surface area (Å²) in [6, 6.07) is 0. The molecule has 110 valence electrons. The monoisotopic (exact) mass is 295 g/mol. The zero-order valence-corrected chi connectivity index (χ0v) is 13.0. The predicted molar refractivity (Wildman–Crippen MR) is 78.4 cm³/mol. The fraction of sp³-hybridized carbons (Fsp3) is 0.643. The fourth-order valence-electron chi connectivity index (χ4n) is 2.34. The van der Waals surface area contributed by atoms with Crippen molar-refractivity contribution in [3.8, 4) is 0 Å². The van der Waals surface area contributed by atoms with Crippen LogP contribution in [0.5, 0.6) is 0 Å². The van der Waals surface area contributed by atoms with Gasteiger partial charge in [0, 0.05) is 43.0 Å². The van der Waals surface area contributed by atoms with E-state index in [4.69, 9.17) is 0 Å². The minimum atomic E-state index is -0.224. The highest BCUT2D eigenvalue weighted by atomic mass is 32.1. The van der Waals surface area contributed by atoms with Crippen molar-refractivity contribution < 1.29 is 9.59 Å². The van der Waals surface area contributed by atoms with E-state index in [1.807, 2.05) is 26.2 Å². The van der Waals surface area contributed by atoms with Crippen LogP contribution in [0, 0.1) is 5.92 Å². The van der Waals surface area contributed by atoms with E-state index in [2.05, 4.69) is 10.3 Å². The number of likely N-dealkylation sites (tertiary alicyclic amines) is 1. The molecule has 5 nitrogen and oxygen atoms in total. The molecule has 1 aromatic rings. The second kappa shape index (κ2) is 5.91. The minimum Gasteiger partial charge on any atom is -0.355 e. The van der Waals surface area contributed by atoms with Crippen molar-refractivity contribution in [3.63, 3.8) is 0 Å². The van der Waals surface area contributed by atoms with Gasteiger partial charge in [0.1, 0.15) is 0 Å². The molecule has 6 heteroatoms. The number of thiazole rings is 1. The summed E-state index contributed by atoms with van der Waals surface area (Å²) in [6.07, 6.45) is 2.83. The number of hydrogen-bond acceptors (Lipinski definition) is 4. The molecule has 1 aromatic heterocycles. The first kappa shape index (κ1) is 15.0. The van der Waals surface area contributed by atoms with Gasteiger partial charge >= 0.3 is 0 Å². The van der Waals surface area contributed by atoms with Crippen LogP contribution in [0.3, 0.4) is 0 Å². The van der Waals surface area contributed by atoms with Crippen molar-refractivity contribution in [1.29, 1.82) is 0 Å². The largest absolute Gasteiger partial charge is 0.355 e. The Hall–Kier alpha value is -1.43. The van der Waals surface area contributed by atoms with Crippen molar-refractivity contribution in [2.24, 2.45) is 5.92 Å². The third-order valence-corrected chi connectivity index (χ3v) is 4.27. The average Bonchev–Trinajstić information content (AvgIpc) is 2.97. The van der Waals surface area contributed by atoms with Crippen LogP contribution in [-0.2, 0) is 16.0 Å². The van der Waals surface area contributed by atoms with Gasteiger partial charge in [0.05, 0.1) is 10.9 Å². The highest BCUT2D eigenvalue weighted by Crippen LogP contribution is 2.25. The van der Waals surface area contributed by atoms with E-state index in [1.165, 1.54) is 0 Å². The number of rotatable bonds is 4. The van der Waals surface area contributed by atoms with E-state index < -0.39 is 0 Å². The second-order valence-corrected chi connectivity index (χ2v) is 7.02. The van der Waals surface area contributed by atoms with Gasteiger partial charge in [0.25, 0.3) is 0 Å². The summed E-state index contributed by atoms with van der Waals surface area (Å²) in [5, 5.41) is 5.85. The summed E-state index contributed by atoms with van der Waals surface area (Å²) < 4.78 is 0. The Labute approximate surface area is 123 Å². The molecule has 1 saturated heterocycles. The molecule has 0 aromatic carbocycles. The lowest BCUT2D eigenvalue weighted by Crippen LogP contribution is -2.43. The zero-order valence-electron chi connectivity index (χ0n) is 12.2. The van der Waals surface area contributed by atoms with E-state index in [9.17, 15) is 9.59 Å². The third-order valence-electron chi connectivity index (χ3n) is 3.43. The predicted octanol–water partition coefficient (Wildman–Crippen LogP) is 1.45. The van der Waals surface area contributed by atoms with E-state index >= 15 is 0 Å². The van der Waals surface area contributed by atoms with Crippen molar-refractivity contribution in [3.05, 3.63) is 16.6 Å². The molecule has 2 rings (SSSR count). The zero-order chi connectivity index (χ0) is 14.8. The number of aromatic nitrogens is 1. The highest BCUT2D eigenvalue weighted by Gasteiger charge is 2.39. The first-order valence-electron chi connectivity index (χ1n) is 6.84. The third kappa shape index (κ3) is 3.56. The summed E-state index contributed by atoms with van der Waals surface area (Å²) in [4.78, 5) is 30.0. The first-order chi connectivity index (χ1) is 9.38. The Morgan fingerprint density at radius 1 is 1.55 bits per heavy atom. The summed E-state index contributed by atoms with van der Waals surface area (Å²) in [5.74, 6) is -0.183. The van der Waals surface area contributed by atoms with Crippen LogP contribution in [0.1, 0.15) is 32.2 Å². The van der Waals surface area contributed by atoms with Crippen LogP contribution in [0.2, 0.25) is 0 Å². The van der Waals surface area contributed by atoms with Crippen LogP contribution >= 0.6 is 11.3 Å². The molecule has 0 spiro atoms. The summed E-state index contributed by atoms with van der Waals surface area (Å²) in [7, 11) is 0. The molecule has 1 aliphatic rings. The quantitative estimate of drug-likeness (QED) is 0.914. The van der Waals surface area contributed by atoms with E-state index in [1.54, 1.807) is 22.4 Å². The van der Waals surface area contributed by atoms with Crippen LogP contribution < -0.4 is 5.32 Å². The molecule has 0 unspecified atom stereocenters. The van der Waals surface area contributed by atoms with Gasteiger partial charge in [0.15, 0.2) is 0 Å². The van der Waals surface area contributed by atoms with E-state index in [0.717, 1.165) is 11.4 Å². The molecule has 1 atom stereocenters. The Morgan fingerprint density at radius 2 is 2.30 bits per heavy atom. The van der Waals surface area contributed by atoms with Gasteiger partial charge in [-0.25, -0.2) is 4.98 Å². The smallest absolute Gasteiger partial charge is 0.225 e. The molecule has 2 heterocycles. The van der Waals surface area contributed by atoms with Gasteiger partial charge < -0.3 is 10.2 Å². The van der Waals surface area contributed by atoms with E-state index in [-0.39, 0.29) is 23.3 Å². The van der Waals surface area contributed by atoms with Gasteiger partial charge in [0.2, 0.25) is 11.8 Å². The SMILES string of the molecule is CC(C)(C)N1C[C@@H](C(=O)NCCc2nccs2)CC1=O. The number of hydrogen-bond donors (Lipinski definition) is 1. The molecule has 0 saturated carbocycles. The maximum Gasteiger partial charge on any atom is 0.225 e. The number of nitrogens with one attached hydrogen (secondary N) is 1. The van der Waals surface area contributed by atoms with Crippen LogP contribution in [0.4, 0.5) is 0 Å². The molecule has 2 amide bonds. The lowest BCUT2D eigenvalue weighted by Gasteiger charge is -2.31. The van der Waals surface area contributed by atoms with Crippen molar-refractivity contribution in [2.75, 3.05) is 13.1 Å². The molecular weight excluding hydrogens is 274 g/mol. The highest BCUT2D eigenvalue weighted by molar-refractivity contribution is 7.09. The normalized spacial score (nSPS) is 19.4. The summed E-state index contributed by atoms with van der Waals surface area (Å²) in [6.45, 7) is 7.08. The molecule has 0 bridgehead atoms. The van der Waals surface area contributed by atoms with Crippen molar-refractivity contribution >= 4 is 23.2 Å². The van der Waals surface area contributed by atoms with Gasteiger partial charge in [-0.1, -0.05) is 0 Å². The van der Waals surface area contributed by atoms with Gasteiger partial charge in [-0.05, 0) is 20.8 Å². The van der Waals surface area contributed by atoms with Crippen LogP contribution in [-0.4, -0.2) is 40.3 Å². The standard InChI is InChI=1S/C14H21N3O2S/c1-14(2,3)17-9-10(8-12(17)18)13(19)16-5-4-11-15-6-7-20-11/h6-7,10H,4-5,8-9H2,1-3H3,(H,16,19)/t10-/m0/s1. The number of carbonyl (C=O) groups excluding carboxylic acids is 2. The molecular formula is C14H21N3O2S. The Balaban J connectivity index is 1.80. The Kier molecular flexibility index (Phi) is 4.42. The lowest BCUT2D eigenvalue weighted by atomic mass is 10.1. The lowest BCUT2D eigenvalue weighted by molar-refractivity contribution is -0.132. The fourth-order valence-corrected chi connectivity index (χ4v) is 2.97. The number of nitrogens with zero attached hydrogens (tertiary/aromatic N) is 2. The summed E-state index contributed by atoms with van der Waals surface area (Å²) >= 11 is 1.59. The Bertz CT molecular complexity index is 479. The number of carbonyl (C=O) groups is 2. The Morgan fingerprint density at radius 3 is 2.85 bits per heavy atom. The number of amides is 2. The molecule has 20 heavy (non-hydrogen) atoms. The molecule has 0 radical (unpaired) electrons. The summed E-state index contributed by atoms with van der Waals surface area (Å²) in [5.41, 5.74) is -0.215. The molecule has 1 aliphatic heterocycles.